The van der Waals surface area contributed by atoms with Crippen LogP contribution in [0.5, 0.6) is 5.75 Å². The van der Waals surface area contributed by atoms with Gasteiger partial charge in [0.25, 0.3) is 0 Å². The molecule has 0 amide bonds. The first-order chi connectivity index (χ1) is 16.8. The van der Waals surface area contributed by atoms with E-state index in [4.69, 9.17) is 19.4 Å². The number of aryl methyl sites for hydroxylation is 2. The Morgan fingerprint density at radius 1 is 1.20 bits per heavy atom. The van der Waals surface area contributed by atoms with Gasteiger partial charge in [0.2, 0.25) is 5.95 Å². The predicted octanol–water partition coefficient (Wildman–Crippen LogP) is 3.88. The molecule has 35 heavy (non-hydrogen) atoms. The Morgan fingerprint density at radius 2 is 2.03 bits per heavy atom. The van der Waals surface area contributed by atoms with Gasteiger partial charge in [-0.15, -0.1) is 10.2 Å². The first kappa shape index (κ1) is 23.0. The standard InChI is InChI=1S/C25H30N8O2/c1-7-35-19-11-16(22-31-27-14-32(22)5)8-9-18(19)29-24-26-12-17-10-15(2)28-23(21(17)30-24)33-13-20(34-6)25(33,3)4/h8-12,14,20H,7,13H2,1-6H3,(H,26,29,30). The summed E-state index contributed by atoms with van der Waals surface area (Å²) in [5.74, 6) is 2.76. The van der Waals surface area contributed by atoms with Gasteiger partial charge in [-0.3, -0.25) is 0 Å². The Morgan fingerprint density at radius 3 is 2.71 bits per heavy atom. The molecule has 1 saturated heterocycles. The first-order valence-corrected chi connectivity index (χ1v) is 11.6. The minimum atomic E-state index is -0.182. The molecular weight excluding hydrogens is 444 g/mol. The smallest absolute Gasteiger partial charge is 0.227 e. The number of hydrogen-bond donors (Lipinski definition) is 1. The summed E-state index contributed by atoms with van der Waals surface area (Å²) >= 11 is 0. The van der Waals surface area contributed by atoms with E-state index in [-0.39, 0.29) is 11.6 Å². The lowest BCUT2D eigenvalue weighted by atomic mass is 9.85. The van der Waals surface area contributed by atoms with Crippen LogP contribution in [0, 0.1) is 6.92 Å². The van der Waals surface area contributed by atoms with Crippen molar-refractivity contribution in [3.05, 3.63) is 42.5 Å². The van der Waals surface area contributed by atoms with Gasteiger partial charge in [-0.2, -0.15) is 0 Å². The van der Waals surface area contributed by atoms with E-state index < -0.39 is 0 Å². The van der Waals surface area contributed by atoms with Crippen molar-refractivity contribution in [1.29, 1.82) is 0 Å². The molecule has 1 fully saturated rings. The van der Waals surface area contributed by atoms with Crippen LogP contribution in [0.4, 0.5) is 17.5 Å². The minimum absolute atomic E-state index is 0.139. The number of rotatable bonds is 7. The fourth-order valence-corrected chi connectivity index (χ4v) is 4.51. The Bertz CT molecular complexity index is 1380. The molecule has 5 rings (SSSR count). The Balaban J connectivity index is 1.51. The molecule has 10 heteroatoms. The van der Waals surface area contributed by atoms with Crippen molar-refractivity contribution in [2.45, 2.75) is 39.3 Å². The van der Waals surface area contributed by atoms with Crippen molar-refractivity contribution in [3.8, 4) is 17.1 Å². The van der Waals surface area contributed by atoms with Crippen LogP contribution in [0.15, 0.2) is 36.8 Å². The number of methoxy groups -OCH3 is 1. The monoisotopic (exact) mass is 474 g/mol. The number of nitrogens with one attached hydrogen (secondary N) is 1. The Hall–Kier alpha value is -3.79. The van der Waals surface area contributed by atoms with Gasteiger partial charge >= 0.3 is 0 Å². The summed E-state index contributed by atoms with van der Waals surface area (Å²) in [7, 11) is 3.66. The van der Waals surface area contributed by atoms with Crippen LogP contribution in [0.2, 0.25) is 0 Å². The Kier molecular flexibility index (Phi) is 5.76. The summed E-state index contributed by atoms with van der Waals surface area (Å²) in [5, 5.41) is 12.4. The van der Waals surface area contributed by atoms with Crippen molar-refractivity contribution in [2.75, 3.05) is 30.5 Å². The van der Waals surface area contributed by atoms with Gasteiger partial charge in [-0.05, 0) is 52.0 Å². The van der Waals surface area contributed by atoms with Crippen LogP contribution >= 0.6 is 0 Å². The van der Waals surface area contributed by atoms with E-state index in [0.29, 0.717) is 18.3 Å². The average Bonchev–Trinajstić information content (AvgIpc) is 3.26. The summed E-state index contributed by atoms with van der Waals surface area (Å²) in [5.41, 5.74) is 3.21. The van der Waals surface area contributed by atoms with Crippen molar-refractivity contribution in [3.63, 3.8) is 0 Å². The third kappa shape index (κ3) is 4.03. The molecule has 1 aliphatic heterocycles. The first-order valence-electron chi connectivity index (χ1n) is 11.6. The maximum Gasteiger partial charge on any atom is 0.227 e. The molecule has 1 aromatic carbocycles. The zero-order valence-corrected chi connectivity index (χ0v) is 20.9. The molecular formula is C25H30N8O2. The molecule has 1 atom stereocenters. The lowest BCUT2D eigenvalue weighted by molar-refractivity contribution is 0.000260. The zero-order chi connectivity index (χ0) is 24.7. The van der Waals surface area contributed by atoms with Gasteiger partial charge < -0.3 is 24.3 Å². The molecule has 0 bridgehead atoms. The maximum absolute atomic E-state index is 5.92. The van der Waals surface area contributed by atoms with Crippen LogP contribution in [0.3, 0.4) is 0 Å². The molecule has 1 N–H and O–H groups in total. The second-order valence-corrected chi connectivity index (χ2v) is 9.24. The normalized spacial score (nSPS) is 16.9. The maximum atomic E-state index is 5.92. The Labute approximate surface area is 204 Å². The van der Waals surface area contributed by atoms with Crippen molar-refractivity contribution in [2.24, 2.45) is 7.05 Å². The van der Waals surface area contributed by atoms with E-state index in [1.807, 2.05) is 55.9 Å². The molecule has 4 aromatic rings. The number of aromatic nitrogens is 6. The van der Waals surface area contributed by atoms with Crippen molar-refractivity contribution in [1.82, 2.24) is 29.7 Å². The number of pyridine rings is 1. The van der Waals surface area contributed by atoms with Gasteiger partial charge in [0, 0.05) is 43.5 Å². The van der Waals surface area contributed by atoms with E-state index in [1.54, 1.807) is 13.4 Å². The summed E-state index contributed by atoms with van der Waals surface area (Å²) in [6, 6.07) is 7.86. The third-order valence-corrected chi connectivity index (χ3v) is 6.55. The molecule has 0 spiro atoms. The number of ether oxygens (including phenoxy) is 2. The highest BCUT2D eigenvalue weighted by molar-refractivity contribution is 5.90. The van der Waals surface area contributed by atoms with Gasteiger partial charge in [0.1, 0.15) is 17.6 Å². The number of anilines is 3. The van der Waals surface area contributed by atoms with Gasteiger partial charge in [0.15, 0.2) is 11.6 Å². The van der Waals surface area contributed by atoms with Crippen molar-refractivity contribution >= 4 is 28.4 Å². The highest BCUT2D eigenvalue weighted by Crippen LogP contribution is 2.39. The molecule has 1 aliphatic rings. The van der Waals surface area contributed by atoms with Crippen LogP contribution in [-0.4, -0.2) is 61.6 Å². The van der Waals surface area contributed by atoms with Crippen molar-refractivity contribution < 1.29 is 9.47 Å². The summed E-state index contributed by atoms with van der Waals surface area (Å²) in [4.78, 5) is 16.5. The third-order valence-electron chi connectivity index (χ3n) is 6.55. The van der Waals surface area contributed by atoms with Crippen LogP contribution < -0.4 is 15.0 Å². The fraction of sp³-hybridized carbons (Fsp3) is 0.400. The highest BCUT2D eigenvalue weighted by Gasteiger charge is 2.48. The SMILES string of the molecule is CCOc1cc(-c2nncn2C)ccc1Nc1ncc2cc(C)nc(N3CC(OC)C3(C)C)c2n1. The summed E-state index contributed by atoms with van der Waals surface area (Å²) < 4.78 is 13.4. The predicted molar refractivity (Wildman–Crippen MR) is 135 cm³/mol. The van der Waals surface area contributed by atoms with Gasteiger partial charge in [-0.1, -0.05) is 0 Å². The second-order valence-electron chi connectivity index (χ2n) is 9.24. The van der Waals surface area contributed by atoms with Gasteiger partial charge in [-0.25, -0.2) is 15.0 Å². The van der Waals surface area contributed by atoms with Crippen LogP contribution in [-0.2, 0) is 11.8 Å². The largest absolute Gasteiger partial charge is 0.492 e. The molecule has 10 nitrogen and oxygen atoms in total. The molecule has 3 aromatic heterocycles. The van der Waals surface area contributed by atoms with E-state index >= 15 is 0 Å². The molecule has 0 saturated carbocycles. The zero-order valence-electron chi connectivity index (χ0n) is 20.9. The van der Waals surface area contributed by atoms with E-state index in [1.165, 1.54) is 0 Å². The number of fused-ring (bicyclic) bond motifs is 1. The molecule has 1 unspecified atom stereocenters. The lowest BCUT2D eigenvalue weighted by Gasteiger charge is -2.54. The van der Waals surface area contributed by atoms with Gasteiger partial charge in [0.05, 0.1) is 23.9 Å². The molecule has 0 aliphatic carbocycles. The number of hydrogen-bond acceptors (Lipinski definition) is 9. The number of benzene rings is 1. The topological polar surface area (TPSA) is 103 Å². The number of nitrogens with zero attached hydrogens (tertiary/aromatic N) is 7. The average molecular weight is 475 g/mol. The second kappa shape index (κ2) is 8.77. The van der Waals surface area contributed by atoms with Crippen LogP contribution in [0.1, 0.15) is 26.5 Å². The van der Waals surface area contributed by atoms with E-state index in [2.05, 4.69) is 39.2 Å². The molecule has 182 valence electrons. The fourth-order valence-electron chi connectivity index (χ4n) is 4.51. The quantitative estimate of drug-likeness (QED) is 0.427. The highest BCUT2D eigenvalue weighted by atomic mass is 16.5. The van der Waals surface area contributed by atoms with E-state index in [0.717, 1.165) is 46.0 Å². The van der Waals surface area contributed by atoms with Crippen LogP contribution in [0.25, 0.3) is 22.3 Å². The summed E-state index contributed by atoms with van der Waals surface area (Å²) in [6.45, 7) is 9.55. The van der Waals surface area contributed by atoms with E-state index in [9.17, 15) is 0 Å². The minimum Gasteiger partial charge on any atom is -0.492 e. The lowest BCUT2D eigenvalue weighted by Crippen LogP contribution is -2.68. The summed E-state index contributed by atoms with van der Waals surface area (Å²) in [6.07, 6.45) is 3.64. The molecule has 0 radical (unpaired) electrons. The molecule has 4 heterocycles.